The molecule has 1 fully saturated rings. The van der Waals surface area contributed by atoms with E-state index < -0.39 is 6.10 Å². The van der Waals surface area contributed by atoms with Gasteiger partial charge in [0.25, 0.3) is 0 Å². The number of benzene rings is 2. The Balaban J connectivity index is 1.43. The smallest absolute Gasteiger partial charge is 0.138 e. The molecule has 0 spiro atoms. The second-order valence-electron chi connectivity index (χ2n) is 6.66. The van der Waals surface area contributed by atoms with Crippen molar-refractivity contribution in [1.29, 1.82) is 0 Å². The summed E-state index contributed by atoms with van der Waals surface area (Å²) in [4.78, 5) is 4.65. The predicted octanol–water partition coefficient (Wildman–Crippen LogP) is 3.86. The number of anilines is 1. The number of hydrogen-bond donors (Lipinski definition) is 1. The van der Waals surface area contributed by atoms with Gasteiger partial charge in [0, 0.05) is 43.4 Å². The largest absolute Gasteiger partial charge is 0.489 e. The summed E-state index contributed by atoms with van der Waals surface area (Å²) in [6, 6.07) is 13.7. The first-order valence-corrected chi connectivity index (χ1v) is 9.57. The maximum absolute atomic E-state index is 10.3. The van der Waals surface area contributed by atoms with E-state index in [9.17, 15) is 5.11 Å². The molecule has 1 heterocycles. The maximum Gasteiger partial charge on any atom is 0.138 e. The van der Waals surface area contributed by atoms with Gasteiger partial charge in [0.15, 0.2) is 0 Å². The van der Waals surface area contributed by atoms with Gasteiger partial charge in [-0.05, 0) is 37.3 Å². The zero-order chi connectivity index (χ0) is 18.5. The fraction of sp³-hybridized carbons (Fsp3) is 0.400. The van der Waals surface area contributed by atoms with Crippen LogP contribution in [0, 0.1) is 6.92 Å². The average Bonchev–Trinajstić information content (AvgIpc) is 2.62. The normalized spacial score (nSPS) is 16.5. The highest BCUT2D eigenvalue weighted by atomic mass is 35.5. The summed E-state index contributed by atoms with van der Waals surface area (Å²) < 4.78 is 5.62. The summed E-state index contributed by atoms with van der Waals surface area (Å²) in [6.45, 7) is 6.66. The van der Waals surface area contributed by atoms with Crippen LogP contribution in [0.25, 0.3) is 0 Å². The first-order chi connectivity index (χ1) is 12.5. The zero-order valence-electron chi connectivity index (χ0n) is 14.9. The van der Waals surface area contributed by atoms with Crippen molar-refractivity contribution in [2.24, 2.45) is 0 Å². The Morgan fingerprint density at radius 1 is 1.04 bits per heavy atom. The molecule has 3 rings (SSSR count). The summed E-state index contributed by atoms with van der Waals surface area (Å²) in [7, 11) is 0. The average molecular weight is 395 g/mol. The highest BCUT2D eigenvalue weighted by Crippen LogP contribution is 2.27. The Morgan fingerprint density at radius 2 is 1.73 bits per heavy atom. The summed E-state index contributed by atoms with van der Waals surface area (Å²) in [5.74, 6) is 0.541. The van der Waals surface area contributed by atoms with Crippen LogP contribution in [0.1, 0.15) is 5.56 Å². The number of β-amino-alcohol motifs (C(OH)–C–C–N with tert-alkyl or cyclic N) is 1. The van der Waals surface area contributed by atoms with Gasteiger partial charge in [0.2, 0.25) is 0 Å². The number of ether oxygens (including phenoxy) is 1. The van der Waals surface area contributed by atoms with E-state index in [1.165, 1.54) is 11.3 Å². The third kappa shape index (κ3) is 5.27. The topological polar surface area (TPSA) is 35.9 Å². The van der Waals surface area contributed by atoms with Crippen molar-refractivity contribution in [3.05, 3.63) is 58.1 Å². The number of piperazine rings is 1. The van der Waals surface area contributed by atoms with Crippen molar-refractivity contribution in [3.63, 3.8) is 0 Å². The van der Waals surface area contributed by atoms with Crippen molar-refractivity contribution in [2.45, 2.75) is 13.0 Å². The number of aryl methyl sites for hydroxylation is 1. The molecule has 2 aromatic rings. The molecule has 2 aromatic carbocycles. The molecular weight excluding hydrogens is 371 g/mol. The molecule has 0 amide bonds. The molecule has 6 heteroatoms. The monoisotopic (exact) mass is 394 g/mol. The van der Waals surface area contributed by atoms with E-state index >= 15 is 0 Å². The zero-order valence-corrected chi connectivity index (χ0v) is 16.4. The molecule has 140 valence electrons. The van der Waals surface area contributed by atoms with Crippen molar-refractivity contribution in [2.75, 3.05) is 44.2 Å². The second kappa shape index (κ2) is 8.96. The second-order valence-corrected chi connectivity index (χ2v) is 7.51. The van der Waals surface area contributed by atoms with Crippen LogP contribution < -0.4 is 9.64 Å². The van der Waals surface area contributed by atoms with Crippen LogP contribution in [-0.2, 0) is 0 Å². The SMILES string of the molecule is Cc1ccc(N2CCN(CC(O)COc3ccc(Cl)cc3Cl)CC2)cc1. The number of hydrogen-bond acceptors (Lipinski definition) is 4. The van der Waals surface area contributed by atoms with Gasteiger partial charge < -0.3 is 14.7 Å². The number of halogens is 2. The molecule has 1 atom stereocenters. The van der Waals surface area contributed by atoms with E-state index in [0.29, 0.717) is 22.3 Å². The molecule has 4 nitrogen and oxygen atoms in total. The Kier molecular flexibility index (Phi) is 6.65. The van der Waals surface area contributed by atoms with Gasteiger partial charge in [-0.3, -0.25) is 4.90 Å². The number of aliphatic hydroxyl groups excluding tert-OH is 1. The minimum absolute atomic E-state index is 0.208. The molecular formula is C20H24Cl2N2O2. The van der Waals surface area contributed by atoms with E-state index in [4.69, 9.17) is 27.9 Å². The minimum Gasteiger partial charge on any atom is -0.489 e. The van der Waals surface area contributed by atoms with E-state index in [0.717, 1.165) is 26.2 Å². The first-order valence-electron chi connectivity index (χ1n) is 8.81. The maximum atomic E-state index is 10.3. The lowest BCUT2D eigenvalue weighted by atomic mass is 10.2. The molecule has 0 saturated carbocycles. The van der Waals surface area contributed by atoms with Gasteiger partial charge >= 0.3 is 0 Å². The Labute approximate surface area is 164 Å². The molecule has 1 unspecified atom stereocenters. The lowest BCUT2D eigenvalue weighted by Gasteiger charge is -2.36. The van der Waals surface area contributed by atoms with Crippen LogP contribution in [0.4, 0.5) is 5.69 Å². The third-order valence-corrected chi connectivity index (χ3v) is 5.10. The molecule has 1 aliphatic heterocycles. The number of aliphatic hydroxyl groups is 1. The third-order valence-electron chi connectivity index (χ3n) is 4.57. The van der Waals surface area contributed by atoms with Crippen LogP contribution in [0.3, 0.4) is 0 Å². The molecule has 1 saturated heterocycles. The van der Waals surface area contributed by atoms with E-state index in [-0.39, 0.29) is 6.61 Å². The first kappa shape index (κ1) is 19.3. The summed E-state index contributed by atoms with van der Waals surface area (Å²) in [5.41, 5.74) is 2.54. The summed E-state index contributed by atoms with van der Waals surface area (Å²) in [6.07, 6.45) is -0.562. The molecule has 1 aliphatic rings. The Bertz CT molecular complexity index is 716. The summed E-state index contributed by atoms with van der Waals surface area (Å²) >= 11 is 12.0. The Morgan fingerprint density at radius 3 is 2.38 bits per heavy atom. The molecule has 0 radical (unpaired) electrons. The highest BCUT2D eigenvalue weighted by Gasteiger charge is 2.20. The van der Waals surface area contributed by atoms with Crippen LogP contribution in [0.15, 0.2) is 42.5 Å². The van der Waals surface area contributed by atoms with Gasteiger partial charge in [-0.25, -0.2) is 0 Å². The fourth-order valence-corrected chi connectivity index (χ4v) is 3.54. The fourth-order valence-electron chi connectivity index (χ4n) is 3.07. The number of rotatable bonds is 6. The van der Waals surface area contributed by atoms with Crippen molar-refractivity contribution in [1.82, 2.24) is 4.90 Å². The molecule has 1 N–H and O–H groups in total. The minimum atomic E-state index is -0.562. The van der Waals surface area contributed by atoms with Gasteiger partial charge in [0.1, 0.15) is 18.5 Å². The van der Waals surface area contributed by atoms with Crippen LogP contribution >= 0.6 is 23.2 Å². The van der Waals surface area contributed by atoms with Crippen molar-refractivity contribution >= 4 is 28.9 Å². The molecule has 0 aliphatic carbocycles. The van der Waals surface area contributed by atoms with Gasteiger partial charge in [-0.15, -0.1) is 0 Å². The van der Waals surface area contributed by atoms with Gasteiger partial charge in [-0.2, -0.15) is 0 Å². The lowest BCUT2D eigenvalue weighted by Crippen LogP contribution is -2.49. The van der Waals surface area contributed by atoms with E-state index in [1.54, 1.807) is 18.2 Å². The van der Waals surface area contributed by atoms with E-state index in [1.807, 2.05) is 0 Å². The highest BCUT2D eigenvalue weighted by molar-refractivity contribution is 6.35. The van der Waals surface area contributed by atoms with Crippen molar-refractivity contribution in [3.8, 4) is 5.75 Å². The van der Waals surface area contributed by atoms with Crippen molar-refractivity contribution < 1.29 is 9.84 Å². The van der Waals surface area contributed by atoms with Gasteiger partial charge in [0.05, 0.1) is 5.02 Å². The quantitative estimate of drug-likeness (QED) is 0.806. The molecule has 0 bridgehead atoms. The van der Waals surface area contributed by atoms with Crippen LogP contribution in [0.5, 0.6) is 5.75 Å². The van der Waals surface area contributed by atoms with E-state index in [2.05, 4.69) is 41.0 Å². The van der Waals surface area contributed by atoms with Crippen LogP contribution in [-0.4, -0.2) is 55.4 Å². The van der Waals surface area contributed by atoms with Gasteiger partial charge in [-0.1, -0.05) is 40.9 Å². The number of nitrogens with zero attached hydrogens (tertiary/aromatic N) is 2. The standard InChI is InChI=1S/C20H24Cl2N2O2/c1-15-2-5-17(6-3-15)24-10-8-23(9-11-24)13-18(25)14-26-20-7-4-16(21)12-19(20)22/h2-7,12,18,25H,8-11,13-14H2,1H3. The molecule has 0 aromatic heterocycles. The lowest BCUT2D eigenvalue weighted by molar-refractivity contribution is 0.0663. The predicted molar refractivity (Wildman–Crippen MR) is 108 cm³/mol. The summed E-state index contributed by atoms with van der Waals surface area (Å²) in [5, 5.41) is 11.3. The molecule has 26 heavy (non-hydrogen) atoms. The Hall–Kier alpha value is -1.46. The van der Waals surface area contributed by atoms with Crippen LogP contribution in [0.2, 0.25) is 10.0 Å².